The molecule has 0 fully saturated rings. The van der Waals surface area contributed by atoms with Crippen LogP contribution < -0.4 is 0 Å². The Balaban J connectivity index is 3.58. The Bertz CT molecular complexity index is 381. The number of unbranched alkanes of at least 4 members (excludes halogenated alkanes) is 13. The van der Waals surface area contributed by atoms with Crippen molar-refractivity contribution >= 4 is 11.9 Å². The van der Waals surface area contributed by atoms with Gasteiger partial charge in [-0.3, -0.25) is 9.59 Å². The Kier molecular flexibility index (Phi) is 18.5. The zero-order valence-electron chi connectivity index (χ0n) is 18.6. The Morgan fingerprint density at radius 1 is 0.643 bits per heavy atom. The second-order valence-corrected chi connectivity index (χ2v) is 8.59. The number of aliphatic carboxylic acids is 2. The second-order valence-electron chi connectivity index (χ2n) is 8.59. The van der Waals surface area contributed by atoms with Crippen molar-refractivity contribution in [2.45, 2.75) is 129 Å². The quantitative estimate of drug-likeness (QED) is 0.197. The lowest BCUT2D eigenvalue weighted by molar-refractivity contribution is -0.144. The van der Waals surface area contributed by atoms with Crippen LogP contribution in [0.2, 0.25) is 0 Å². The zero-order chi connectivity index (χ0) is 21.0. The van der Waals surface area contributed by atoms with Gasteiger partial charge >= 0.3 is 11.9 Å². The molecule has 0 aliphatic carbocycles. The van der Waals surface area contributed by atoms with E-state index in [1.54, 1.807) is 0 Å². The summed E-state index contributed by atoms with van der Waals surface area (Å²) in [6, 6.07) is 0. The summed E-state index contributed by atoms with van der Waals surface area (Å²) >= 11 is 0. The van der Waals surface area contributed by atoms with E-state index in [1.165, 1.54) is 64.2 Å². The highest BCUT2D eigenvalue weighted by atomic mass is 16.4. The fraction of sp³-hybridized carbons (Fsp3) is 0.917. The molecule has 28 heavy (non-hydrogen) atoms. The molecule has 0 radical (unpaired) electrons. The number of rotatable bonds is 21. The highest BCUT2D eigenvalue weighted by Gasteiger charge is 2.23. The molecule has 0 aromatic heterocycles. The molecule has 0 aromatic carbocycles. The van der Waals surface area contributed by atoms with Crippen molar-refractivity contribution in [3.63, 3.8) is 0 Å². The molecule has 0 rings (SSSR count). The third kappa shape index (κ3) is 17.1. The van der Waals surface area contributed by atoms with Gasteiger partial charge in [0.15, 0.2) is 0 Å². The van der Waals surface area contributed by atoms with E-state index in [-0.39, 0.29) is 11.8 Å². The molecular weight excluding hydrogens is 352 g/mol. The average Bonchev–Trinajstić information content (AvgIpc) is 2.64. The standard InChI is InChI=1S/C24H46O4/c1-3-4-5-12-16-19-22(24(27)28)21(2)18-15-13-10-8-6-7-9-11-14-17-20-23(25)26/h21-22H,3-20H2,1-2H3,(H,25,26)(H,27,28). The van der Waals surface area contributed by atoms with Crippen molar-refractivity contribution in [1.29, 1.82) is 0 Å². The van der Waals surface area contributed by atoms with Crippen molar-refractivity contribution in [2.24, 2.45) is 11.8 Å². The fourth-order valence-corrected chi connectivity index (χ4v) is 3.98. The van der Waals surface area contributed by atoms with Gasteiger partial charge in [0.2, 0.25) is 0 Å². The maximum Gasteiger partial charge on any atom is 0.306 e. The van der Waals surface area contributed by atoms with Gasteiger partial charge in [-0.25, -0.2) is 0 Å². The van der Waals surface area contributed by atoms with Gasteiger partial charge in [-0.05, 0) is 25.2 Å². The van der Waals surface area contributed by atoms with Crippen molar-refractivity contribution < 1.29 is 19.8 Å². The highest BCUT2D eigenvalue weighted by molar-refractivity contribution is 5.70. The average molecular weight is 399 g/mol. The number of carboxylic acids is 2. The molecule has 2 atom stereocenters. The molecule has 166 valence electrons. The van der Waals surface area contributed by atoms with Gasteiger partial charge in [0.05, 0.1) is 5.92 Å². The van der Waals surface area contributed by atoms with Crippen LogP contribution in [0.5, 0.6) is 0 Å². The maximum absolute atomic E-state index is 11.6. The van der Waals surface area contributed by atoms with Crippen molar-refractivity contribution in [3.05, 3.63) is 0 Å². The second kappa shape index (κ2) is 19.3. The lowest BCUT2D eigenvalue weighted by atomic mass is 9.85. The lowest BCUT2D eigenvalue weighted by Crippen LogP contribution is -2.21. The molecule has 4 heteroatoms. The van der Waals surface area contributed by atoms with Crippen molar-refractivity contribution in [3.8, 4) is 0 Å². The maximum atomic E-state index is 11.6. The summed E-state index contributed by atoms with van der Waals surface area (Å²) in [5.74, 6) is -1.17. The molecule has 4 nitrogen and oxygen atoms in total. The summed E-state index contributed by atoms with van der Waals surface area (Å²) in [6.45, 7) is 4.32. The summed E-state index contributed by atoms with van der Waals surface area (Å²) < 4.78 is 0. The van der Waals surface area contributed by atoms with Gasteiger partial charge < -0.3 is 10.2 Å². The molecule has 0 aromatic rings. The molecule has 0 heterocycles. The molecule has 0 amide bonds. The Morgan fingerprint density at radius 2 is 1.07 bits per heavy atom. The van der Waals surface area contributed by atoms with Gasteiger partial charge in [0, 0.05) is 6.42 Å². The molecule has 0 aliphatic rings. The summed E-state index contributed by atoms with van der Waals surface area (Å²) in [5.41, 5.74) is 0. The van der Waals surface area contributed by atoms with Crippen LogP contribution in [0, 0.1) is 11.8 Å². The lowest BCUT2D eigenvalue weighted by Gasteiger charge is -2.20. The summed E-state index contributed by atoms with van der Waals surface area (Å²) in [6.07, 6.45) is 19.7. The molecule has 2 N–H and O–H groups in total. The molecule has 0 aliphatic heterocycles. The summed E-state index contributed by atoms with van der Waals surface area (Å²) in [5, 5.41) is 18.1. The van der Waals surface area contributed by atoms with E-state index >= 15 is 0 Å². The SMILES string of the molecule is CCCCCCCC(C(=O)O)C(C)CCCCCCCCCCCCC(=O)O. The van der Waals surface area contributed by atoms with Crippen LogP contribution in [0.4, 0.5) is 0 Å². The third-order valence-corrected chi connectivity index (χ3v) is 5.92. The predicted octanol–water partition coefficient (Wildman–Crippen LogP) is 7.45. The van der Waals surface area contributed by atoms with Gasteiger partial charge in [0.25, 0.3) is 0 Å². The van der Waals surface area contributed by atoms with E-state index in [0.717, 1.165) is 44.9 Å². The minimum Gasteiger partial charge on any atom is -0.481 e. The predicted molar refractivity (Wildman–Crippen MR) is 117 cm³/mol. The fourth-order valence-electron chi connectivity index (χ4n) is 3.98. The number of carbonyl (C=O) groups is 2. The molecule has 0 spiro atoms. The van der Waals surface area contributed by atoms with Crippen LogP contribution in [-0.2, 0) is 9.59 Å². The van der Waals surface area contributed by atoms with E-state index < -0.39 is 11.9 Å². The normalized spacial score (nSPS) is 13.4. The Hall–Kier alpha value is -1.06. The molecule has 2 unspecified atom stereocenters. The number of carboxylic acid groups (broad SMARTS) is 2. The minimum atomic E-state index is -0.684. The summed E-state index contributed by atoms with van der Waals surface area (Å²) in [7, 11) is 0. The highest BCUT2D eigenvalue weighted by Crippen LogP contribution is 2.25. The van der Waals surface area contributed by atoms with E-state index in [0.29, 0.717) is 6.42 Å². The molecular formula is C24H46O4. The number of hydrogen-bond donors (Lipinski definition) is 2. The first kappa shape index (κ1) is 26.9. The van der Waals surface area contributed by atoms with Crippen LogP contribution in [0.25, 0.3) is 0 Å². The van der Waals surface area contributed by atoms with Gasteiger partial charge in [-0.1, -0.05) is 104 Å². The summed E-state index contributed by atoms with van der Waals surface area (Å²) in [4.78, 5) is 22.0. The van der Waals surface area contributed by atoms with Crippen LogP contribution in [0.15, 0.2) is 0 Å². The van der Waals surface area contributed by atoms with Crippen molar-refractivity contribution in [2.75, 3.05) is 0 Å². The first-order valence-electron chi connectivity index (χ1n) is 11.9. The first-order chi connectivity index (χ1) is 13.5. The van der Waals surface area contributed by atoms with E-state index in [4.69, 9.17) is 5.11 Å². The van der Waals surface area contributed by atoms with E-state index in [1.807, 2.05) is 0 Å². The third-order valence-electron chi connectivity index (χ3n) is 5.92. The first-order valence-corrected chi connectivity index (χ1v) is 11.9. The monoisotopic (exact) mass is 398 g/mol. The number of hydrogen-bond acceptors (Lipinski definition) is 2. The largest absolute Gasteiger partial charge is 0.481 e. The zero-order valence-corrected chi connectivity index (χ0v) is 18.6. The molecule has 0 bridgehead atoms. The van der Waals surface area contributed by atoms with Gasteiger partial charge in [-0.2, -0.15) is 0 Å². The smallest absolute Gasteiger partial charge is 0.306 e. The molecule has 0 saturated heterocycles. The van der Waals surface area contributed by atoms with Crippen LogP contribution in [-0.4, -0.2) is 22.2 Å². The van der Waals surface area contributed by atoms with E-state index in [9.17, 15) is 14.7 Å². The van der Waals surface area contributed by atoms with Crippen LogP contribution in [0.1, 0.15) is 129 Å². The van der Waals surface area contributed by atoms with Gasteiger partial charge in [0.1, 0.15) is 0 Å². The Morgan fingerprint density at radius 3 is 1.54 bits per heavy atom. The van der Waals surface area contributed by atoms with Gasteiger partial charge in [-0.15, -0.1) is 0 Å². The Labute approximate surface area is 173 Å². The van der Waals surface area contributed by atoms with Crippen LogP contribution in [0.3, 0.4) is 0 Å². The molecule has 0 saturated carbocycles. The topological polar surface area (TPSA) is 74.6 Å². The van der Waals surface area contributed by atoms with E-state index in [2.05, 4.69) is 13.8 Å². The van der Waals surface area contributed by atoms with Crippen molar-refractivity contribution in [1.82, 2.24) is 0 Å². The van der Waals surface area contributed by atoms with Crippen LogP contribution >= 0.6 is 0 Å². The minimum absolute atomic E-state index is 0.164.